The Kier molecular flexibility index (Phi) is 6.26. The Bertz CT molecular complexity index is 1280. The van der Waals surface area contributed by atoms with Gasteiger partial charge in [-0.25, -0.2) is 26.3 Å². The van der Waals surface area contributed by atoms with Crippen LogP contribution in [0, 0.1) is 0 Å². The fourth-order valence-corrected chi connectivity index (χ4v) is 5.21. The van der Waals surface area contributed by atoms with Crippen LogP contribution in [0.25, 0.3) is 21.8 Å². The molecule has 0 atom stereocenters. The summed E-state index contributed by atoms with van der Waals surface area (Å²) in [5.41, 5.74) is 0.432. The second-order valence-electron chi connectivity index (χ2n) is 6.49. The number of benzene rings is 2. The van der Waals surface area contributed by atoms with E-state index in [1.54, 1.807) is 11.6 Å². The van der Waals surface area contributed by atoms with Gasteiger partial charge in [0.05, 0.1) is 34.0 Å². The topological polar surface area (TPSA) is 155 Å². The quantitative estimate of drug-likeness (QED) is 0.325. The Morgan fingerprint density at radius 1 is 0.800 bits per heavy atom. The average Bonchev–Trinajstić information content (AvgIpc) is 2.73. The molecule has 0 aliphatic heterocycles. The first-order valence-electron chi connectivity index (χ1n) is 8.90. The maximum Gasteiger partial charge on any atom is 0.240 e. The zero-order chi connectivity index (χ0) is 22.1. The summed E-state index contributed by atoms with van der Waals surface area (Å²) >= 11 is 0. The van der Waals surface area contributed by atoms with Gasteiger partial charge in [0.1, 0.15) is 0 Å². The second-order valence-corrected chi connectivity index (χ2v) is 10.0. The lowest BCUT2D eigenvalue weighted by molar-refractivity contribution is 0.300. The number of aromatic nitrogens is 1. The molecule has 0 aliphatic rings. The van der Waals surface area contributed by atoms with Gasteiger partial charge in [0.15, 0.2) is 5.43 Å². The summed E-state index contributed by atoms with van der Waals surface area (Å²) in [5.74, 6) is 0. The number of sulfonamides is 2. The molecule has 0 saturated carbocycles. The van der Waals surface area contributed by atoms with Gasteiger partial charge >= 0.3 is 0 Å². The van der Waals surface area contributed by atoms with Crippen molar-refractivity contribution in [1.82, 2.24) is 14.0 Å². The molecule has 0 saturated heterocycles. The van der Waals surface area contributed by atoms with Crippen molar-refractivity contribution >= 4 is 41.9 Å². The van der Waals surface area contributed by atoms with Crippen LogP contribution in [0.15, 0.2) is 51.0 Å². The van der Waals surface area contributed by atoms with E-state index in [0.29, 0.717) is 11.0 Å². The molecule has 30 heavy (non-hydrogen) atoms. The number of hydrogen-bond donors (Lipinski definition) is 4. The number of aliphatic hydroxyl groups is 2. The molecule has 0 unspecified atom stereocenters. The van der Waals surface area contributed by atoms with Crippen molar-refractivity contribution in [3.8, 4) is 0 Å². The number of nitrogens with zero attached hydrogens (tertiary/aromatic N) is 1. The molecule has 1 heterocycles. The lowest BCUT2D eigenvalue weighted by Crippen LogP contribution is -2.27. The highest BCUT2D eigenvalue weighted by atomic mass is 32.2. The molecule has 162 valence electrons. The Hall–Kier alpha value is -2.35. The molecule has 0 aliphatic carbocycles. The number of pyridine rings is 1. The van der Waals surface area contributed by atoms with Gasteiger partial charge in [-0.05, 0) is 36.4 Å². The predicted octanol–water partition coefficient (Wildman–Crippen LogP) is -0.767. The first-order valence-corrected chi connectivity index (χ1v) is 11.9. The van der Waals surface area contributed by atoms with E-state index in [1.807, 2.05) is 0 Å². The van der Waals surface area contributed by atoms with Crippen LogP contribution in [-0.4, -0.2) is 57.9 Å². The molecule has 4 N–H and O–H groups in total. The van der Waals surface area contributed by atoms with E-state index < -0.39 is 25.5 Å². The van der Waals surface area contributed by atoms with Crippen LogP contribution >= 0.6 is 0 Å². The van der Waals surface area contributed by atoms with Crippen LogP contribution in [0.1, 0.15) is 0 Å². The van der Waals surface area contributed by atoms with Crippen LogP contribution in [0.2, 0.25) is 0 Å². The summed E-state index contributed by atoms with van der Waals surface area (Å²) in [7, 11) is -6.17. The van der Waals surface area contributed by atoms with Crippen LogP contribution in [0.3, 0.4) is 0 Å². The molecular weight excluding hydrogens is 434 g/mol. The fraction of sp³-hybridized carbons (Fsp3) is 0.278. The molecule has 2 aromatic carbocycles. The van der Waals surface area contributed by atoms with Gasteiger partial charge in [-0.15, -0.1) is 0 Å². The molecule has 0 radical (unpaired) electrons. The maximum absolute atomic E-state index is 13.1. The number of hydrogen-bond acceptors (Lipinski definition) is 7. The molecule has 0 fully saturated rings. The van der Waals surface area contributed by atoms with Crippen molar-refractivity contribution in [2.24, 2.45) is 7.05 Å². The first-order chi connectivity index (χ1) is 14.1. The lowest BCUT2D eigenvalue weighted by Gasteiger charge is -2.13. The monoisotopic (exact) mass is 455 g/mol. The number of fused-ring (bicyclic) bond motifs is 2. The van der Waals surface area contributed by atoms with E-state index in [1.165, 1.54) is 36.4 Å². The lowest BCUT2D eigenvalue weighted by atomic mass is 10.1. The van der Waals surface area contributed by atoms with E-state index in [2.05, 4.69) is 9.44 Å². The Morgan fingerprint density at radius 3 is 1.57 bits per heavy atom. The normalized spacial score (nSPS) is 12.6. The van der Waals surface area contributed by atoms with Gasteiger partial charge in [0.2, 0.25) is 20.0 Å². The third-order valence-electron chi connectivity index (χ3n) is 4.58. The molecule has 3 aromatic rings. The van der Waals surface area contributed by atoms with E-state index in [9.17, 15) is 21.6 Å². The minimum atomic E-state index is -3.93. The molecule has 10 nitrogen and oxygen atoms in total. The Morgan fingerprint density at radius 2 is 1.20 bits per heavy atom. The average molecular weight is 456 g/mol. The molecular formula is C18H21N3O7S2. The smallest absolute Gasteiger partial charge is 0.240 e. The van der Waals surface area contributed by atoms with Crippen LogP contribution in [0.4, 0.5) is 0 Å². The minimum Gasteiger partial charge on any atom is -0.395 e. The zero-order valence-electron chi connectivity index (χ0n) is 16.0. The van der Waals surface area contributed by atoms with Crippen LogP contribution < -0.4 is 14.9 Å². The number of aliphatic hydroxyl groups excluding tert-OH is 2. The number of nitrogens with one attached hydrogen (secondary N) is 2. The zero-order valence-corrected chi connectivity index (χ0v) is 17.6. The highest BCUT2D eigenvalue weighted by molar-refractivity contribution is 7.89. The third kappa shape index (κ3) is 4.10. The van der Waals surface area contributed by atoms with Crippen molar-refractivity contribution in [1.29, 1.82) is 0 Å². The predicted molar refractivity (Wildman–Crippen MR) is 111 cm³/mol. The van der Waals surface area contributed by atoms with Gasteiger partial charge in [-0.1, -0.05) is 0 Å². The van der Waals surface area contributed by atoms with Gasteiger partial charge in [0.25, 0.3) is 0 Å². The Labute approximate surface area is 172 Å². The summed E-state index contributed by atoms with van der Waals surface area (Å²) in [6.07, 6.45) is 0. The number of aryl methyl sites for hydroxylation is 1. The molecule has 0 bridgehead atoms. The fourth-order valence-electron chi connectivity index (χ4n) is 3.11. The third-order valence-corrected chi connectivity index (χ3v) is 7.49. The van der Waals surface area contributed by atoms with Gasteiger partial charge in [-0.3, -0.25) is 4.79 Å². The molecule has 12 heteroatoms. The van der Waals surface area contributed by atoms with E-state index in [-0.39, 0.29) is 46.9 Å². The summed E-state index contributed by atoms with van der Waals surface area (Å²) in [4.78, 5) is 12.8. The van der Waals surface area contributed by atoms with E-state index >= 15 is 0 Å². The molecule has 0 spiro atoms. The van der Waals surface area contributed by atoms with Gasteiger partial charge < -0.3 is 14.8 Å². The summed E-state index contributed by atoms with van der Waals surface area (Å²) < 4.78 is 55.5. The largest absolute Gasteiger partial charge is 0.395 e. The maximum atomic E-state index is 13.1. The molecule has 0 amide bonds. The summed E-state index contributed by atoms with van der Waals surface area (Å²) in [6, 6.07) is 8.15. The second kappa shape index (κ2) is 8.41. The summed E-state index contributed by atoms with van der Waals surface area (Å²) in [6.45, 7) is -1.09. The standard InChI is InChI=1S/C18H21N3O7S2/c1-21-16-4-2-12(29(25,26)19-6-8-22)10-14(16)18(24)15-11-13(3-5-17(15)21)30(27,28)20-7-9-23/h2-5,10-11,19-20,22-23H,6-9H2,1H3. The van der Waals surface area contributed by atoms with Crippen LogP contribution in [-0.2, 0) is 27.1 Å². The Balaban J connectivity index is 2.25. The van der Waals surface area contributed by atoms with Crippen molar-refractivity contribution in [2.75, 3.05) is 26.3 Å². The highest BCUT2D eigenvalue weighted by Crippen LogP contribution is 2.23. The van der Waals surface area contributed by atoms with Gasteiger partial charge in [0, 0.05) is 30.9 Å². The van der Waals surface area contributed by atoms with E-state index in [4.69, 9.17) is 10.2 Å². The van der Waals surface area contributed by atoms with Gasteiger partial charge in [-0.2, -0.15) is 0 Å². The van der Waals surface area contributed by atoms with Crippen molar-refractivity contribution in [3.63, 3.8) is 0 Å². The van der Waals surface area contributed by atoms with Crippen molar-refractivity contribution < 1.29 is 27.0 Å². The minimum absolute atomic E-state index is 0.106. The SMILES string of the molecule is Cn1c2ccc(S(=O)(=O)NCCO)cc2c(=O)c2cc(S(=O)(=O)NCCO)ccc21. The van der Waals surface area contributed by atoms with E-state index in [0.717, 1.165) is 0 Å². The van der Waals surface area contributed by atoms with Crippen molar-refractivity contribution in [3.05, 3.63) is 46.6 Å². The molecule has 3 rings (SSSR count). The van der Waals surface area contributed by atoms with Crippen molar-refractivity contribution in [2.45, 2.75) is 9.79 Å². The number of rotatable bonds is 8. The van der Waals surface area contributed by atoms with Crippen LogP contribution in [0.5, 0.6) is 0 Å². The highest BCUT2D eigenvalue weighted by Gasteiger charge is 2.19. The summed E-state index contributed by atoms with van der Waals surface area (Å²) in [5, 5.41) is 17.9. The molecule has 1 aromatic heterocycles. The first kappa shape index (κ1) is 22.3.